The van der Waals surface area contributed by atoms with Gasteiger partial charge in [0, 0.05) is 6.04 Å². The van der Waals surface area contributed by atoms with Gasteiger partial charge in [0.15, 0.2) is 0 Å². The number of hydrogen-bond donors (Lipinski definition) is 1. The molecule has 0 spiro atoms. The van der Waals surface area contributed by atoms with Crippen molar-refractivity contribution in [1.82, 2.24) is 4.90 Å². The summed E-state index contributed by atoms with van der Waals surface area (Å²) >= 11 is 0. The van der Waals surface area contributed by atoms with Crippen LogP contribution in [0.4, 0.5) is 0 Å². The van der Waals surface area contributed by atoms with Crippen molar-refractivity contribution >= 4 is 0 Å². The summed E-state index contributed by atoms with van der Waals surface area (Å²) in [5.74, 6) is 0. The van der Waals surface area contributed by atoms with Crippen molar-refractivity contribution in [3.63, 3.8) is 0 Å². The number of likely N-dealkylation sites (tertiary alicyclic amines) is 1. The van der Waals surface area contributed by atoms with Crippen molar-refractivity contribution < 1.29 is 5.11 Å². The van der Waals surface area contributed by atoms with E-state index in [2.05, 4.69) is 35.2 Å². The lowest BCUT2D eigenvalue weighted by atomic mass is 9.94. The molecular formula is C20H25NO. The van der Waals surface area contributed by atoms with Gasteiger partial charge in [-0.05, 0) is 43.5 Å². The Morgan fingerprint density at radius 2 is 1.32 bits per heavy atom. The van der Waals surface area contributed by atoms with E-state index in [0.29, 0.717) is 6.04 Å². The maximum Gasteiger partial charge on any atom is 0.0808 e. The first-order chi connectivity index (χ1) is 10.8. The molecule has 1 fully saturated rings. The van der Waals surface area contributed by atoms with E-state index in [-0.39, 0.29) is 0 Å². The van der Waals surface area contributed by atoms with Crippen LogP contribution < -0.4 is 0 Å². The summed E-state index contributed by atoms with van der Waals surface area (Å²) < 4.78 is 0. The molecule has 3 rings (SSSR count). The Morgan fingerprint density at radius 3 is 1.91 bits per heavy atom. The van der Waals surface area contributed by atoms with Crippen LogP contribution in [0.5, 0.6) is 0 Å². The fourth-order valence-corrected chi connectivity index (χ4v) is 3.42. The summed E-state index contributed by atoms with van der Waals surface area (Å²) in [6.07, 6.45) is 4.22. The molecule has 2 nitrogen and oxygen atoms in total. The average Bonchev–Trinajstić information content (AvgIpc) is 2.62. The molecular weight excluding hydrogens is 270 g/mol. The fraction of sp³-hybridized carbons (Fsp3) is 0.400. The SMILES string of the molecule is OC(CC(c1ccccc1)N1CCCCC1)c1ccccc1. The quantitative estimate of drug-likeness (QED) is 0.887. The summed E-state index contributed by atoms with van der Waals surface area (Å²) in [6, 6.07) is 21.0. The number of hydrogen-bond acceptors (Lipinski definition) is 2. The third-order valence-corrected chi connectivity index (χ3v) is 4.65. The maximum absolute atomic E-state index is 10.7. The minimum atomic E-state index is -0.409. The number of nitrogens with zero attached hydrogens (tertiary/aromatic N) is 1. The molecule has 2 aromatic rings. The highest BCUT2D eigenvalue weighted by Gasteiger charge is 2.25. The molecule has 0 radical (unpaired) electrons. The second kappa shape index (κ2) is 7.57. The molecule has 1 saturated heterocycles. The lowest BCUT2D eigenvalue weighted by Crippen LogP contribution is -2.34. The van der Waals surface area contributed by atoms with E-state index in [1.54, 1.807) is 0 Å². The number of aliphatic hydroxyl groups excluding tert-OH is 1. The fourth-order valence-electron chi connectivity index (χ4n) is 3.42. The van der Waals surface area contributed by atoms with Crippen molar-refractivity contribution in [3.8, 4) is 0 Å². The molecule has 1 aliphatic rings. The van der Waals surface area contributed by atoms with Gasteiger partial charge in [-0.1, -0.05) is 67.1 Å². The molecule has 22 heavy (non-hydrogen) atoms. The van der Waals surface area contributed by atoms with Gasteiger partial charge in [-0.2, -0.15) is 0 Å². The zero-order chi connectivity index (χ0) is 15.2. The Labute approximate surface area is 133 Å². The minimum absolute atomic E-state index is 0.303. The van der Waals surface area contributed by atoms with Gasteiger partial charge in [-0.15, -0.1) is 0 Å². The Hall–Kier alpha value is -1.64. The highest BCUT2D eigenvalue weighted by atomic mass is 16.3. The van der Waals surface area contributed by atoms with Gasteiger partial charge in [-0.3, -0.25) is 4.90 Å². The van der Waals surface area contributed by atoms with Crippen LogP contribution in [0.2, 0.25) is 0 Å². The second-order valence-electron chi connectivity index (χ2n) is 6.19. The first-order valence-electron chi connectivity index (χ1n) is 8.36. The molecule has 1 N–H and O–H groups in total. The predicted octanol–water partition coefficient (Wildman–Crippen LogP) is 4.34. The van der Waals surface area contributed by atoms with E-state index in [1.165, 1.54) is 24.8 Å². The molecule has 1 heterocycles. The van der Waals surface area contributed by atoms with Crippen LogP contribution in [-0.4, -0.2) is 23.1 Å². The predicted molar refractivity (Wildman–Crippen MR) is 90.6 cm³/mol. The third-order valence-electron chi connectivity index (χ3n) is 4.65. The van der Waals surface area contributed by atoms with Gasteiger partial charge >= 0.3 is 0 Å². The van der Waals surface area contributed by atoms with E-state index < -0.39 is 6.10 Å². The number of aliphatic hydroxyl groups is 1. The summed E-state index contributed by atoms with van der Waals surface area (Å²) in [7, 11) is 0. The normalized spacial score (nSPS) is 18.8. The summed E-state index contributed by atoms with van der Waals surface area (Å²) in [5, 5.41) is 10.7. The molecule has 0 bridgehead atoms. The molecule has 0 amide bonds. The minimum Gasteiger partial charge on any atom is -0.388 e. The van der Waals surface area contributed by atoms with Crippen molar-refractivity contribution in [2.45, 2.75) is 37.8 Å². The molecule has 0 saturated carbocycles. The van der Waals surface area contributed by atoms with Crippen LogP contribution in [0.25, 0.3) is 0 Å². The van der Waals surface area contributed by atoms with E-state index in [4.69, 9.17) is 0 Å². The lowest BCUT2D eigenvalue weighted by Gasteiger charge is -2.36. The molecule has 0 aliphatic carbocycles. The third kappa shape index (κ3) is 3.76. The average molecular weight is 295 g/mol. The summed E-state index contributed by atoms with van der Waals surface area (Å²) in [6.45, 7) is 2.28. The summed E-state index contributed by atoms with van der Waals surface area (Å²) in [4.78, 5) is 2.55. The monoisotopic (exact) mass is 295 g/mol. The second-order valence-corrected chi connectivity index (χ2v) is 6.19. The topological polar surface area (TPSA) is 23.5 Å². The largest absolute Gasteiger partial charge is 0.388 e. The van der Waals surface area contributed by atoms with E-state index in [1.807, 2.05) is 30.3 Å². The van der Waals surface area contributed by atoms with Crippen LogP contribution in [-0.2, 0) is 0 Å². The highest BCUT2D eigenvalue weighted by molar-refractivity contribution is 5.22. The van der Waals surface area contributed by atoms with Gasteiger partial charge in [0.1, 0.15) is 0 Å². The zero-order valence-electron chi connectivity index (χ0n) is 13.1. The maximum atomic E-state index is 10.7. The Morgan fingerprint density at radius 1 is 0.773 bits per heavy atom. The van der Waals surface area contributed by atoms with Crippen molar-refractivity contribution in [2.24, 2.45) is 0 Å². The first-order valence-corrected chi connectivity index (χ1v) is 8.36. The van der Waals surface area contributed by atoms with Gasteiger partial charge in [0.2, 0.25) is 0 Å². The first kappa shape index (κ1) is 15.3. The van der Waals surface area contributed by atoms with E-state index in [9.17, 15) is 5.11 Å². The van der Waals surface area contributed by atoms with Gasteiger partial charge in [0.05, 0.1) is 6.10 Å². The lowest BCUT2D eigenvalue weighted by molar-refractivity contribution is 0.0888. The Bertz CT molecular complexity index is 548. The molecule has 2 heteroatoms. The van der Waals surface area contributed by atoms with Crippen molar-refractivity contribution in [1.29, 1.82) is 0 Å². The smallest absolute Gasteiger partial charge is 0.0808 e. The van der Waals surface area contributed by atoms with Crippen molar-refractivity contribution in [3.05, 3.63) is 71.8 Å². The molecule has 2 unspecified atom stereocenters. The number of rotatable bonds is 5. The van der Waals surface area contributed by atoms with E-state index in [0.717, 1.165) is 25.1 Å². The molecule has 2 atom stereocenters. The van der Waals surface area contributed by atoms with Gasteiger partial charge in [0.25, 0.3) is 0 Å². The Kier molecular flexibility index (Phi) is 5.25. The van der Waals surface area contributed by atoms with Crippen LogP contribution in [0, 0.1) is 0 Å². The van der Waals surface area contributed by atoms with Gasteiger partial charge in [-0.25, -0.2) is 0 Å². The van der Waals surface area contributed by atoms with Crippen molar-refractivity contribution in [2.75, 3.05) is 13.1 Å². The number of piperidine rings is 1. The molecule has 1 aliphatic heterocycles. The van der Waals surface area contributed by atoms with Crippen LogP contribution >= 0.6 is 0 Å². The van der Waals surface area contributed by atoms with Crippen LogP contribution in [0.3, 0.4) is 0 Å². The zero-order valence-corrected chi connectivity index (χ0v) is 13.1. The standard InChI is InChI=1S/C20H25NO/c22-20(18-12-6-2-7-13-18)16-19(17-10-4-1-5-11-17)21-14-8-3-9-15-21/h1-2,4-7,10-13,19-20,22H,3,8-9,14-16H2. The molecule has 116 valence electrons. The highest BCUT2D eigenvalue weighted by Crippen LogP contribution is 2.33. The van der Waals surface area contributed by atoms with Crippen LogP contribution in [0.1, 0.15) is 49.0 Å². The summed E-state index contributed by atoms with van der Waals surface area (Å²) in [5.41, 5.74) is 2.33. The number of benzene rings is 2. The van der Waals surface area contributed by atoms with Crippen LogP contribution in [0.15, 0.2) is 60.7 Å². The Balaban J connectivity index is 1.79. The van der Waals surface area contributed by atoms with Gasteiger partial charge < -0.3 is 5.11 Å². The van der Waals surface area contributed by atoms with E-state index >= 15 is 0 Å². The molecule has 2 aromatic carbocycles. The molecule has 0 aromatic heterocycles.